The van der Waals surface area contributed by atoms with E-state index < -0.39 is 31.2 Å². The molecular weight excluding hydrogens is 529 g/mol. The molecule has 1 unspecified atom stereocenters. The third-order valence-corrected chi connectivity index (χ3v) is 5.64. The SMILES string of the molecule is C[C@@H](NC(c1cccc2nc([O-])c([O-])nc12)P(=O)([O-])[O-])c1ccc(Br)cc1.[Na+].[Na+].[Na+].[Na+]. The second-order valence-corrected chi connectivity index (χ2v) is 8.44. The molecule has 0 aliphatic carbocycles. The zero-order chi connectivity index (χ0) is 19.8. The van der Waals surface area contributed by atoms with E-state index in [0.29, 0.717) is 0 Å². The fourth-order valence-electron chi connectivity index (χ4n) is 2.72. The summed E-state index contributed by atoms with van der Waals surface area (Å²) >= 11 is 3.32. The molecule has 2 aromatic carbocycles. The number of hydrogen-bond donors (Lipinski definition) is 1. The van der Waals surface area contributed by atoms with Crippen molar-refractivity contribution >= 4 is 34.6 Å². The van der Waals surface area contributed by atoms with Crippen molar-refractivity contribution in [2.24, 2.45) is 0 Å². The average Bonchev–Trinajstić information content (AvgIpc) is 2.60. The van der Waals surface area contributed by atoms with Crippen molar-refractivity contribution in [3.8, 4) is 11.8 Å². The quantitative estimate of drug-likeness (QED) is 0.247. The fraction of sp³-hybridized carbons (Fsp3) is 0.176. The van der Waals surface area contributed by atoms with Gasteiger partial charge in [-0.3, -0.25) is 15.3 Å². The fourth-order valence-corrected chi connectivity index (χ4v) is 3.94. The Morgan fingerprint density at radius 1 is 0.935 bits per heavy atom. The minimum atomic E-state index is -5.18. The zero-order valence-corrected chi connectivity index (χ0v) is 28.4. The Balaban J connectivity index is 0. The molecule has 1 N–H and O–H groups in total. The minimum Gasteiger partial charge on any atom is -0.858 e. The van der Waals surface area contributed by atoms with E-state index in [9.17, 15) is 24.6 Å². The van der Waals surface area contributed by atoms with Crippen LogP contribution < -0.4 is 144 Å². The first kappa shape index (κ1) is 35.1. The van der Waals surface area contributed by atoms with Gasteiger partial charge in [0.15, 0.2) is 0 Å². The summed E-state index contributed by atoms with van der Waals surface area (Å²) in [6.45, 7) is 1.71. The Morgan fingerprint density at radius 2 is 1.48 bits per heavy atom. The maximum Gasteiger partial charge on any atom is 1.00 e. The van der Waals surface area contributed by atoms with Crippen LogP contribution in [-0.4, -0.2) is 9.97 Å². The van der Waals surface area contributed by atoms with Crippen molar-refractivity contribution in [3.05, 3.63) is 58.1 Å². The first-order chi connectivity index (χ1) is 12.7. The number of nitrogens with one attached hydrogen (secondary N) is 1. The van der Waals surface area contributed by atoms with Crippen LogP contribution in [0.2, 0.25) is 0 Å². The van der Waals surface area contributed by atoms with Crippen LogP contribution in [0.1, 0.15) is 29.9 Å². The van der Waals surface area contributed by atoms with Gasteiger partial charge in [-0.15, -0.1) is 0 Å². The molecule has 0 aliphatic heterocycles. The van der Waals surface area contributed by atoms with Gasteiger partial charge in [0, 0.05) is 16.1 Å². The Kier molecular flexibility index (Phi) is 17.2. The topological polar surface area (TPSA) is 147 Å². The summed E-state index contributed by atoms with van der Waals surface area (Å²) in [5.74, 6) is -3.80. The number of halogens is 1. The maximum absolute atomic E-state index is 12.0. The van der Waals surface area contributed by atoms with Gasteiger partial charge in [0.1, 0.15) is 0 Å². The number of para-hydroxylation sites is 1. The van der Waals surface area contributed by atoms with E-state index in [2.05, 4.69) is 31.2 Å². The van der Waals surface area contributed by atoms with Gasteiger partial charge < -0.3 is 24.6 Å². The van der Waals surface area contributed by atoms with E-state index in [1.807, 2.05) is 0 Å². The van der Waals surface area contributed by atoms with E-state index in [1.54, 1.807) is 31.2 Å². The first-order valence-corrected chi connectivity index (χ1v) is 10.2. The van der Waals surface area contributed by atoms with Gasteiger partial charge in [-0.1, -0.05) is 40.2 Å². The number of fused-ring (bicyclic) bond motifs is 1. The number of hydrogen-bond acceptors (Lipinski definition) is 8. The summed E-state index contributed by atoms with van der Waals surface area (Å²) in [7, 11) is -5.18. The van der Waals surface area contributed by atoms with E-state index in [1.165, 1.54) is 18.2 Å². The van der Waals surface area contributed by atoms with Crippen molar-refractivity contribution in [2.75, 3.05) is 0 Å². The zero-order valence-electron chi connectivity index (χ0n) is 18.0. The number of rotatable bonds is 5. The van der Waals surface area contributed by atoms with Crippen LogP contribution >= 0.6 is 23.5 Å². The summed E-state index contributed by atoms with van der Waals surface area (Å²) in [6.07, 6.45) is 0. The molecule has 31 heavy (non-hydrogen) atoms. The largest absolute Gasteiger partial charge is 1.00 e. The molecule has 3 rings (SSSR count). The summed E-state index contributed by atoms with van der Waals surface area (Å²) in [5, 5.41) is 25.8. The van der Waals surface area contributed by atoms with Gasteiger partial charge in [0.2, 0.25) is 0 Å². The van der Waals surface area contributed by atoms with Gasteiger partial charge in [-0.05, 0) is 50.0 Å². The van der Waals surface area contributed by atoms with Crippen LogP contribution in [0.15, 0.2) is 46.9 Å². The third-order valence-electron chi connectivity index (χ3n) is 4.05. The van der Waals surface area contributed by atoms with Crippen molar-refractivity contribution < 1.29 is 143 Å². The van der Waals surface area contributed by atoms with E-state index in [-0.39, 0.29) is 135 Å². The smallest absolute Gasteiger partial charge is 0.858 e. The summed E-state index contributed by atoms with van der Waals surface area (Å²) < 4.78 is 12.8. The van der Waals surface area contributed by atoms with Crippen molar-refractivity contribution in [1.82, 2.24) is 15.3 Å². The molecule has 0 amide bonds. The molecular formula is C17H13BrN3Na4O5P. The Hall–Kier alpha value is 1.97. The van der Waals surface area contributed by atoms with Crippen LogP contribution in [0.5, 0.6) is 11.8 Å². The van der Waals surface area contributed by atoms with Crippen LogP contribution in [0.4, 0.5) is 0 Å². The summed E-state index contributed by atoms with van der Waals surface area (Å²) in [6, 6.07) is 10.9. The second kappa shape index (κ2) is 15.2. The molecule has 0 spiro atoms. The molecule has 14 heteroatoms. The molecule has 0 saturated heterocycles. The normalized spacial score (nSPS) is 12.4. The van der Waals surface area contributed by atoms with Crippen molar-refractivity contribution in [2.45, 2.75) is 18.7 Å². The van der Waals surface area contributed by atoms with Crippen LogP contribution in [0.25, 0.3) is 11.0 Å². The van der Waals surface area contributed by atoms with Crippen LogP contribution in [-0.2, 0) is 4.57 Å². The average molecular weight is 542 g/mol. The van der Waals surface area contributed by atoms with Crippen molar-refractivity contribution in [1.29, 1.82) is 0 Å². The Bertz CT molecular complexity index is 1040. The van der Waals surface area contributed by atoms with Gasteiger partial charge in [-0.25, -0.2) is 0 Å². The van der Waals surface area contributed by atoms with Crippen LogP contribution in [0.3, 0.4) is 0 Å². The Morgan fingerprint density at radius 3 is 2.03 bits per heavy atom. The molecule has 0 fully saturated rings. The summed E-state index contributed by atoms with van der Waals surface area (Å²) in [5.41, 5.74) is 0.701. The van der Waals surface area contributed by atoms with Gasteiger partial charge in [0.05, 0.1) is 16.8 Å². The predicted octanol–water partition coefficient (Wildman–Crippen LogP) is -11.2. The maximum atomic E-state index is 12.0. The molecule has 0 aliphatic rings. The van der Waals surface area contributed by atoms with Gasteiger partial charge in [-0.2, -0.15) is 0 Å². The van der Waals surface area contributed by atoms with Gasteiger partial charge in [0.25, 0.3) is 0 Å². The number of benzene rings is 2. The predicted molar refractivity (Wildman–Crippen MR) is 94.5 cm³/mol. The first-order valence-electron chi connectivity index (χ1n) is 7.85. The standard InChI is InChI=1S/C17H17BrN3O5P.4Na/c1-9(10-5-7-11(18)8-6-10)19-17(27(24,25)26)12-3-2-4-13-14(12)21-16(23)15(22)20-13;;;;/h2-9,17,19H,1H3,(H,20,22)(H,21,23)(H2,24,25,26);;;;/q;4*+1/p-4/t9-,17?;;;;/m1..../s1. The second-order valence-electron chi connectivity index (χ2n) is 5.93. The summed E-state index contributed by atoms with van der Waals surface area (Å²) in [4.78, 5) is 31.1. The molecule has 8 nitrogen and oxygen atoms in total. The molecule has 1 heterocycles. The van der Waals surface area contributed by atoms with E-state index in [0.717, 1.165) is 10.0 Å². The molecule has 142 valence electrons. The Labute approximate surface area is 276 Å². The molecule has 0 saturated carbocycles. The van der Waals surface area contributed by atoms with Crippen molar-refractivity contribution in [3.63, 3.8) is 0 Å². The number of nitrogens with zero attached hydrogens (tertiary/aromatic N) is 2. The van der Waals surface area contributed by atoms with E-state index in [4.69, 9.17) is 0 Å². The number of aromatic nitrogens is 2. The third kappa shape index (κ3) is 9.17. The molecule has 0 bridgehead atoms. The molecule has 3 aromatic rings. The van der Waals surface area contributed by atoms with Gasteiger partial charge >= 0.3 is 118 Å². The molecule has 2 atom stereocenters. The molecule has 0 radical (unpaired) electrons. The monoisotopic (exact) mass is 541 g/mol. The van der Waals surface area contributed by atoms with E-state index >= 15 is 0 Å². The molecule has 1 aromatic heterocycles. The van der Waals surface area contributed by atoms with Crippen LogP contribution in [0, 0.1) is 0 Å². The minimum absolute atomic E-state index is 0.